The molecule has 0 aromatic heterocycles. The van der Waals surface area contributed by atoms with E-state index in [2.05, 4.69) is 22.5 Å². The van der Waals surface area contributed by atoms with Gasteiger partial charge in [0.05, 0.1) is 19.3 Å². The molecule has 0 aromatic rings. The molecule has 0 spiro atoms. The molecule has 132 valence electrons. The average Bonchev–Trinajstić information content (AvgIpc) is 3.07. The number of nitrogens with one attached hydrogen (secondary N) is 2. The van der Waals surface area contributed by atoms with Crippen molar-refractivity contribution in [2.75, 3.05) is 39.4 Å². The van der Waals surface area contributed by atoms with E-state index in [4.69, 9.17) is 9.47 Å². The molecule has 2 rings (SSSR count). The van der Waals surface area contributed by atoms with Gasteiger partial charge in [-0.1, -0.05) is 0 Å². The Morgan fingerprint density at radius 3 is 2.70 bits per heavy atom. The summed E-state index contributed by atoms with van der Waals surface area (Å²) >= 11 is 0. The first-order valence-electron chi connectivity index (χ1n) is 8.81. The van der Waals surface area contributed by atoms with Gasteiger partial charge in [0, 0.05) is 32.3 Å². The highest BCUT2D eigenvalue weighted by atomic mass is 16.6. The maximum Gasteiger partial charge on any atom is 0.409 e. The fourth-order valence-electron chi connectivity index (χ4n) is 2.92. The number of hydrogen-bond acceptors (Lipinski definition) is 4. The maximum absolute atomic E-state index is 11.7. The van der Waals surface area contributed by atoms with Crippen molar-refractivity contribution in [1.29, 1.82) is 0 Å². The number of carbonyl (C=O) groups excluding carboxylic acids is 1. The topological polar surface area (TPSA) is 75.2 Å². The summed E-state index contributed by atoms with van der Waals surface area (Å²) < 4.78 is 10.7. The zero-order valence-electron chi connectivity index (χ0n) is 14.3. The van der Waals surface area contributed by atoms with Crippen LogP contribution in [0.4, 0.5) is 4.79 Å². The highest BCUT2D eigenvalue weighted by molar-refractivity contribution is 5.80. The molecule has 7 nitrogen and oxygen atoms in total. The van der Waals surface area contributed by atoms with E-state index in [1.165, 1.54) is 0 Å². The quantitative estimate of drug-likeness (QED) is 0.589. The molecular weight excluding hydrogens is 296 g/mol. The molecule has 0 aromatic carbocycles. The van der Waals surface area contributed by atoms with E-state index < -0.39 is 0 Å². The molecule has 1 atom stereocenters. The van der Waals surface area contributed by atoms with Gasteiger partial charge in [0.1, 0.15) is 0 Å². The molecule has 0 aliphatic carbocycles. The fourth-order valence-corrected chi connectivity index (χ4v) is 2.92. The first-order chi connectivity index (χ1) is 11.2. The minimum atomic E-state index is -0.204. The smallest absolute Gasteiger partial charge is 0.409 e. The predicted octanol–water partition coefficient (Wildman–Crippen LogP) is 1.34. The third-order valence-electron chi connectivity index (χ3n) is 4.18. The van der Waals surface area contributed by atoms with Crippen LogP contribution in [0.15, 0.2) is 4.99 Å². The van der Waals surface area contributed by atoms with Crippen LogP contribution in [-0.2, 0) is 9.47 Å². The highest BCUT2D eigenvalue weighted by Crippen LogP contribution is 2.13. The van der Waals surface area contributed by atoms with Gasteiger partial charge < -0.3 is 25.0 Å². The van der Waals surface area contributed by atoms with Gasteiger partial charge in [-0.2, -0.15) is 0 Å². The molecule has 1 amide bonds. The number of rotatable bonds is 5. The summed E-state index contributed by atoms with van der Waals surface area (Å²) in [5.74, 6) is 0.845. The highest BCUT2D eigenvalue weighted by Gasteiger charge is 2.24. The zero-order chi connectivity index (χ0) is 16.5. The second kappa shape index (κ2) is 9.60. The van der Waals surface area contributed by atoms with Crippen LogP contribution >= 0.6 is 0 Å². The Kier molecular flexibility index (Phi) is 7.45. The van der Waals surface area contributed by atoms with E-state index in [1.54, 1.807) is 4.90 Å². The lowest BCUT2D eigenvalue weighted by Gasteiger charge is -2.32. The van der Waals surface area contributed by atoms with Crippen LogP contribution in [0.3, 0.4) is 0 Å². The molecule has 0 saturated carbocycles. The Morgan fingerprint density at radius 2 is 2.09 bits per heavy atom. The summed E-state index contributed by atoms with van der Waals surface area (Å²) in [6.07, 6.45) is 4.10. The van der Waals surface area contributed by atoms with Gasteiger partial charge in [-0.25, -0.2) is 4.79 Å². The van der Waals surface area contributed by atoms with Crippen LogP contribution in [0, 0.1) is 0 Å². The molecule has 0 bridgehead atoms. The van der Waals surface area contributed by atoms with Crippen molar-refractivity contribution in [2.24, 2.45) is 4.99 Å². The molecule has 7 heteroatoms. The maximum atomic E-state index is 11.7. The van der Waals surface area contributed by atoms with Crippen LogP contribution in [0.2, 0.25) is 0 Å². The van der Waals surface area contributed by atoms with Crippen molar-refractivity contribution in [1.82, 2.24) is 15.5 Å². The van der Waals surface area contributed by atoms with Gasteiger partial charge in [0.25, 0.3) is 0 Å². The van der Waals surface area contributed by atoms with E-state index in [1.807, 2.05) is 6.92 Å². The van der Waals surface area contributed by atoms with Gasteiger partial charge in [-0.15, -0.1) is 0 Å². The Morgan fingerprint density at radius 1 is 1.30 bits per heavy atom. The van der Waals surface area contributed by atoms with Crippen LogP contribution < -0.4 is 10.6 Å². The zero-order valence-corrected chi connectivity index (χ0v) is 14.3. The number of hydrogen-bond donors (Lipinski definition) is 2. The molecular formula is C16H30N4O3. The number of piperidine rings is 1. The predicted molar refractivity (Wildman–Crippen MR) is 89.7 cm³/mol. The van der Waals surface area contributed by atoms with Crippen molar-refractivity contribution in [3.63, 3.8) is 0 Å². The molecule has 0 radical (unpaired) electrons. The summed E-state index contributed by atoms with van der Waals surface area (Å²) in [6.45, 7) is 8.17. The van der Waals surface area contributed by atoms with Crippen molar-refractivity contribution >= 4 is 12.1 Å². The first-order valence-corrected chi connectivity index (χ1v) is 8.81. The summed E-state index contributed by atoms with van der Waals surface area (Å²) in [5, 5.41) is 6.76. The lowest BCUT2D eigenvalue weighted by Crippen LogP contribution is -2.50. The van der Waals surface area contributed by atoms with Gasteiger partial charge in [-0.05, 0) is 39.5 Å². The third kappa shape index (κ3) is 5.89. The Labute approximate surface area is 138 Å². The normalized spacial score (nSPS) is 23.0. The van der Waals surface area contributed by atoms with E-state index in [0.717, 1.165) is 57.9 Å². The molecule has 2 saturated heterocycles. The van der Waals surface area contributed by atoms with Gasteiger partial charge in [0.15, 0.2) is 5.96 Å². The number of guanidine groups is 1. The molecule has 2 aliphatic heterocycles. The molecule has 2 N–H and O–H groups in total. The number of carbonyl (C=O) groups is 1. The summed E-state index contributed by atoms with van der Waals surface area (Å²) in [7, 11) is 0. The fraction of sp³-hybridized carbons (Fsp3) is 0.875. The number of amides is 1. The Hall–Kier alpha value is -1.50. The standard InChI is InChI=1S/C16H30N4O3/c1-3-17-15(18-12-14-6-5-11-23-14)19-13-7-9-20(10-8-13)16(21)22-4-2/h13-14H,3-12H2,1-2H3,(H2,17,18,19). The first kappa shape index (κ1) is 17.8. The minimum absolute atomic E-state index is 0.204. The van der Waals surface area contributed by atoms with E-state index in [-0.39, 0.29) is 12.2 Å². The minimum Gasteiger partial charge on any atom is -0.450 e. The third-order valence-corrected chi connectivity index (χ3v) is 4.18. The van der Waals surface area contributed by atoms with Gasteiger partial charge in [-0.3, -0.25) is 4.99 Å². The van der Waals surface area contributed by atoms with Crippen molar-refractivity contribution in [2.45, 2.75) is 51.7 Å². The van der Waals surface area contributed by atoms with Gasteiger partial charge in [0.2, 0.25) is 0 Å². The van der Waals surface area contributed by atoms with Gasteiger partial charge >= 0.3 is 6.09 Å². The molecule has 2 heterocycles. The lowest BCUT2D eigenvalue weighted by molar-refractivity contribution is 0.0962. The lowest BCUT2D eigenvalue weighted by atomic mass is 10.1. The van der Waals surface area contributed by atoms with E-state index in [9.17, 15) is 4.79 Å². The summed E-state index contributed by atoms with van der Waals surface area (Å²) in [6, 6.07) is 0.336. The largest absolute Gasteiger partial charge is 0.450 e. The van der Waals surface area contributed by atoms with Crippen LogP contribution in [-0.4, -0.2) is 68.5 Å². The Bertz CT molecular complexity index is 389. The Balaban J connectivity index is 1.76. The average molecular weight is 326 g/mol. The molecule has 23 heavy (non-hydrogen) atoms. The van der Waals surface area contributed by atoms with Crippen LogP contribution in [0.5, 0.6) is 0 Å². The second-order valence-electron chi connectivity index (χ2n) is 5.96. The van der Waals surface area contributed by atoms with Crippen molar-refractivity contribution in [3.8, 4) is 0 Å². The summed E-state index contributed by atoms with van der Waals surface area (Å²) in [5.41, 5.74) is 0. The summed E-state index contributed by atoms with van der Waals surface area (Å²) in [4.78, 5) is 18.1. The van der Waals surface area contributed by atoms with Crippen molar-refractivity contribution < 1.29 is 14.3 Å². The molecule has 2 fully saturated rings. The number of nitrogens with zero attached hydrogens (tertiary/aromatic N) is 2. The number of aliphatic imine (C=N–C) groups is 1. The van der Waals surface area contributed by atoms with Crippen molar-refractivity contribution in [3.05, 3.63) is 0 Å². The van der Waals surface area contributed by atoms with E-state index in [0.29, 0.717) is 19.2 Å². The monoisotopic (exact) mass is 326 g/mol. The van der Waals surface area contributed by atoms with Crippen LogP contribution in [0.1, 0.15) is 39.5 Å². The molecule has 1 unspecified atom stereocenters. The SMILES string of the molecule is CCNC(=NCC1CCCO1)NC1CCN(C(=O)OCC)CC1. The van der Waals surface area contributed by atoms with Crippen LogP contribution in [0.25, 0.3) is 0 Å². The number of likely N-dealkylation sites (tertiary alicyclic amines) is 1. The molecule has 2 aliphatic rings. The van der Waals surface area contributed by atoms with E-state index >= 15 is 0 Å². The second-order valence-corrected chi connectivity index (χ2v) is 5.96. The number of ether oxygens (including phenoxy) is 2.